The summed E-state index contributed by atoms with van der Waals surface area (Å²) in [5.74, 6) is -0.380. The fourth-order valence-electron chi connectivity index (χ4n) is 6.81. The molecule has 8 rings (SSSR count). The zero-order valence-electron chi connectivity index (χ0n) is 36.0. The molecule has 0 saturated carbocycles. The highest BCUT2D eigenvalue weighted by molar-refractivity contribution is 5.93. The zero-order valence-corrected chi connectivity index (χ0v) is 36.0. The van der Waals surface area contributed by atoms with Gasteiger partial charge in [-0.2, -0.15) is 0 Å². The number of nitrogens with zero attached hydrogens (tertiary/aromatic N) is 6. The van der Waals surface area contributed by atoms with E-state index in [1.807, 2.05) is 0 Å². The van der Waals surface area contributed by atoms with Crippen molar-refractivity contribution in [3.8, 4) is 34.4 Å². The summed E-state index contributed by atoms with van der Waals surface area (Å²) in [5, 5.41) is 23.1. The van der Waals surface area contributed by atoms with E-state index >= 15 is 0 Å². The number of hydrogen-bond acceptors (Lipinski definition) is 19. The van der Waals surface area contributed by atoms with Crippen LogP contribution in [0.15, 0.2) is 57.8 Å². The molecule has 64 heavy (non-hydrogen) atoms. The Bertz CT molecular complexity index is 2760. The molecule has 0 spiro atoms. The summed E-state index contributed by atoms with van der Waals surface area (Å²) in [6.45, 7) is 9.38. The highest BCUT2D eigenvalue weighted by Crippen LogP contribution is 2.37. The Hall–Kier alpha value is -7.90. The third kappa shape index (κ3) is 9.44. The van der Waals surface area contributed by atoms with E-state index in [-0.39, 0.29) is 36.1 Å². The molecule has 2 aromatic carbocycles. The number of aromatic carboxylic acids is 1. The summed E-state index contributed by atoms with van der Waals surface area (Å²) in [6, 6.07) is 9.35. The van der Waals surface area contributed by atoms with Crippen LogP contribution in [0.4, 0.5) is 23.3 Å². The number of nitrogens with one attached hydrogen (secondary N) is 2. The molecule has 4 aromatic heterocycles. The second-order valence-electron chi connectivity index (χ2n) is 15.1. The van der Waals surface area contributed by atoms with Gasteiger partial charge in [0.2, 0.25) is 11.9 Å². The predicted molar refractivity (Wildman–Crippen MR) is 226 cm³/mol. The second-order valence-corrected chi connectivity index (χ2v) is 15.1. The van der Waals surface area contributed by atoms with Crippen molar-refractivity contribution in [1.29, 1.82) is 0 Å². The van der Waals surface area contributed by atoms with E-state index in [0.29, 0.717) is 94.1 Å². The molecule has 332 valence electrons. The number of ether oxygens (including phenoxy) is 5. The average Bonchev–Trinajstić information content (AvgIpc) is 3.92. The van der Waals surface area contributed by atoms with Gasteiger partial charge in [0.15, 0.2) is 22.9 Å². The number of esters is 3. The number of fused-ring (bicyclic) bond motifs is 6. The number of rotatable bonds is 12. The first-order chi connectivity index (χ1) is 30.7. The first-order valence-electron chi connectivity index (χ1n) is 20.1. The molecule has 0 fully saturated rings. The van der Waals surface area contributed by atoms with Crippen molar-refractivity contribution in [2.75, 3.05) is 38.1 Å². The minimum Gasteiger partial charge on any atom is -0.495 e. The van der Waals surface area contributed by atoms with Crippen molar-refractivity contribution >= 4 is 47.1 Å². The summed E-state index contributed by atoms with van der Waals surface area (Å²) < 4.78 is 37.1. The van der Waals surface area contributed by atoms with E-state index in [4.69, 9.17) is 37.8 Å². The Labute approximate surface area is 365 Å². The molecule has 0 amide bonds. The average molecular weight is 877 g/mol. The largest absolute Gasteiger partial charge is 0.495 e. The van der Waals surface area contributed by atoms with Crippen molar-refractivity contribution in [3.63, 3.8) is 0 Å². The number of anilines is 4. The quantitative estimate of drug-likeness (QED) is 0.0827. The summed E-state index contributed by atoms with van der Waals surface area (Å²) in [4.78, 5) is 65.7. The number of benzene rings is 2. The minimum absolute atomic E-state index is 0.0987. The van der Waals surface area contributed by atoms with Gasteiger partial charge in [0, 0.05) is 34.6 Å². The van der Waals surface area contributed by atoms with Crippen LogP contribution in [0.3, 0.4) is 0 Å². The van der Waals surface area contributed by atoms with E-state index in [0.717, 1.165) is 11.1 Å². The monoisotopic (exact) mass is 876 g/mol. The van der Waals surface area contributed by atoms with Crippen molar-refractivity contribution in [1.82, 2.24) is 30.2 Å². The summed E-state index contributed by atoms with van der Waals surface area (Å²) in [7, 11) is 2.95. The molecule has 6 aromatic rings. The molecule has 0 radical (unpaired) electrons. The van der Waals surface area contributed by atoms with E-state index in [2.05, 4.69) is 40.9 Å². The van der Waals surface area contributed by atoms with Crippen LogP contribution < -0.4 is 20.1 Å². The van der Waals surface area contributed by atoms with Crippen molar-refractivity contribution in [2.24, 2.45) is 0 Å². The van der Waals surface area contributed by atoms with Crippen LogP contribution in [-0.4, -0.2) is 92.3 Å². The topological polar surface area (TPSA) is 262 Å². The van der Waals surface area contributed by atoms with Gasteiger partial charge in [-0.1, -0.05) is 10.3 Å². The fourth-order valence-corrected chi connectivity index (χ4v) is 6.81. The number of carbonyl (C=O) groups is 4. The molecule has 2 aliphatic carbocycles. The normalized spacial score (nSPS) is 12.2. The highest BCUT2D eigenvalue weighted by Gasteiger charge is 2.32. The van der Waals surface area contributed by atoms with Gasteiger partial charge in [0.25, 0.3) is 0 Å². The molecule has 20 nitrogen and oxygen atoms in total. The van der Waals surface area contributed by atoms with Crippen LogP contribution in [0.2, 0.25) is 0 Å². The van der Waals surface area contributed by atoms with Crippen molar-refractivity contribution < 1.29 is 57.0 Å². The molecule has 2 aliphatic rings. The SMILES string of the molecule is CCOC(=O)c1noc2c1CCc1cnc(Nc3ccc(C(=O)O)cc3OC)nc1-2.CCOC(=O)c1noc2c1CCc1cnc(Nc3ccc(C(=O)OC(C)(C)C)cc3OC)nc1-2. The van der Waals surface area contributed by atoms with Crippen LogP contribution in [0, 0.1) is 0 Å². The first kappa shape index (κ1) is 44.2. The Kier molecular flexibility index (Phi) is 12.8. The summed E-state index contributed by atoms with van der Waals surface area (Å²) in [6.07, 6.45) is 5.81. The Balaban J connectivity index is 0.000000193. The molecule has 0 atom stereocenters. The van der Waals surface area contributed by atoms with E-state index in [9.17, 15) is 19.2 Å². The molecular weight excluding hydrogens is 833 g/mol. The molecule has 0 bridgehead atoms. The van der Waals surface area contributed by atoms with Crippen molar-refractivity contribution in [3.05, 3.63) is 93.6 Å². The third-order valence-corrected chi connectivity index (χ3v) is 9.74. The van der Waals surface area contributed by atoms with Gasteiger partial charge < -0.3 is 48.5 Å². The number of aromatic nitrogens is 6. The van der Waals surface area contributed by atoms with Gasteiger partial charge in [0.05, 0.1) is 49.9 Å². The lowest BCUT2D eigenvalue weighted by molar-refractivity contribution is 0.00684. The summed E-state index contributed by atoms with van der Waals surface area (Å²) in [5.41, 5.74) is 5.45. The van der Waals surface area contributed by atoms with Gasteiger partial charge in [-0.25, -0.2) is 39.1 Å². The van der Waals surface area contributed by atoms with Gasteiger partial charge in [-0.15, -0.1) is 0 Å². The maximum atomic E-state index is 12.4. The Morgan fingerprint density at radius 3 is 1.55 bits per heavy atom. The third-order valence-electron chi connectivity index (χ3n) is 9.74. The van der Waals surface area contributed by atoms with Crippen LogP contribution in [0.1, 0.15) is 98.6 Å². The van der Waals surface area contributed by atoms with Gasteiger partial charge in [0.1, 0.15) is 28.5 Å². The van der Waals surface area contributed by atoms with E-state index in [1.54, 1.807) is 71.3 Å². The van der Waals surface area contributed by atoms with Crippen molar-refractivity contribution in [2.45, 2.75) is 65.9 Å². The zero-order chi connectivity index (χ0) is 45.7. The molecule has 3 N–H and O–H groups in total. The molecular formula is C44H44N8O12. The van der Waals surface area contributed by atoms with Crippen LogP contribution in [0.25, 0.3) is 22.9 Å². The fraction of sp³-hybridized carbons (Fsp3) is 0.318. The second kappa shape index (κ2) is 18.6. The van der Waals surface area contributed by atoms with Crippen LogP contribution in [-0.2, 0) is 39.9 Å². The predicted octanol–water partition coefficient (Wildman–Crippen LogP) is 6.97. The highest BCUT2D eigenvalue weighted by atomic mass is 16.6. The molecule has 0 saturated heterocycles. The van der Waals surface area contributed by atoms with Gasteiger partial charge >= 0.3 is 23.9 Å². The number of aryl methyl sites for hydroxylation is 2. The maximum Gasteiger partial charge on any atom is 0.360 e. The molecule has 0 aliphatic heterocycles. The smallest absolute Gasteiger partial charge is 0.360 e. The Morgan fingerprint density at radius 1 is 0.672 bits per heavy atom. The van der Waals surface area contributed by atoms with Gasteiger partial charge in [-0.05, 0) is 96.7 Å². The molecule has 4 heterocycles. The van der Waals surface area contributed by atoms with Crippen LogP contribution in [0.5, 0.6) is 11.5 Å². The Morgan fingerprint density at radius 2 is 1.12 bits per heavy atom. The number of methoxy groups -OCH3 is 2. The summed E-state index contributed by atoms with van der Waals surface area (Å²) >= 11 is 0. The van der Waals surface area contributed by atoms with Crippen LogP contribution >= 0.6 is 0 Å². The lowest BCUT2D eigenvalue weighted by atomic mass is 9.94. The lowest BCUT2D eigenvalue weighted by Crippen LogP contribution is -2.23. The molecule has 0 unspecified atom stereocenters. The van der Waals surface area contributed by atoms with Gasteiger partial charge in [-0.3, -0.25) is 0 Å². The number of carboxylic acid groups (broad SMARTS) is 1. The first-order valence-corrected chi connectivity index (χ1v) is 20.1. The number of hydrogen-bond donors (Lipinski definition) is 3. The minimum atomic E-state index is -1.06. The number of carbonyl (C=O) groups excluding carboxylic acids is 3. The number of carboxylic acids is 1. The van der Waals surface area contributed by atoms with E-state index < -0.39 is 29.5 Å². The lowest BCUT2D eigenvalue weighted by Gasteiger charge is -2.20. The van der Waals surface area contributed by atoms with E-state index in [1.165, 1.54) is 26.4 Å². The molecule has 20 heteroatoms. The maximum absolute atomic E-state index is 12.4. The standard InChI is InChI=1S/C24H26N4O6.C20H18N4O6/c1-6-32-22(30)19-15-9-7-14-12-25-23(27-18(14)20(15)34-28-19)26-16-10-8-13(11-17(16)31-5)21(29)33-24(2,3)4;1-3-29-19(27)16-12-6-4-11-9-21-20(23-15(11)17(12)30-24-16)22-13-7-5-10(18(25)26)8-14(13)28-2/h8,10-12H,6-7,9H2,1-5H3,(H,25,26,27);5,7-9H,3-4,6H2,1-2H3,(H,25,26)(H,21,22,23).